The summed E-state index contributed by atoms with van der Waals surface area (Å²) in [6, 6.07) is 19.3. The Kier molecular flexibility index (Phi) is 6.82. The predicted octanol–water partition coefficient (Wildman–Crippen LogP) is 9.55. The maximum Gasteiger partial charge on any atom is 0.199 e. The first-order valence-electron chi connectivity index (χ1n) is 12.9. The van der Waals surface area contributed by atoms with E-state index in [4.69, 9.17) is 16.5 Å². The zero-order chi connectivity index (χ0) is 27.1. The molecule has 0 bridgehead atoms. The van der Waals surface area contributed by atoms with Gasteiger partial charge in [-0.05, 0) is 72.6 Å². The molecule has 0 fully saturated rings. The molecule has 0 aliphatic heterocycles. The first kappa shape index (κ1) is 26.3. The van der Waals surface area contributed by atoms with Gasteiger partial charge in [-0.2, -0.15) is 0 Å². The first-order valence-corrected chi connectivity index (χ1v) is 12.9. The molecule has 3 nitrogen and oxygen atoms in total. The van der Waals surface area contributed by atoms with Gasteiger partial charge in [0.15, 0.2) is 5.69 Å². The fourth-order valence-electron chi connectivity index (χ4n) is 4.65. The lowest BCUT2D eigenvalue weighted by molar-refractivity contribution is 0.589. The molecule has 0 aliphatic carbocycles. The number of para-hydroxylation sites is 1. The van der Waals surface area contributed by atoms with E-state index in [1.807, 2.05) is 31.3 Å². The van der Waals surface area contributed by atoms with Crippen LogP contribution in [0.15, 0.2) is 60.8 Å². The van der Waals surface area contributed by atoms with Gasteiger partial charge < -0.3 is 0 Å². The first-order chi connectivity index (χ1) is 17.3. The van der Waals surface area contributed by atoms with Crippen molar-refractivity contribution in [2.45, 2.75) is 73.1 Å². The molecule has 0 N–H and O–H groups in total. The second-order valence-corrected chi connectivity index (χ2v) is 12.2. The van der Waals surface area contributed by atoms with E-state index in [-0.39, 0.29) is 10.8 Å². The van der Waals surface area contributed by atoms with Crippen molar-refractivity contribution in [1.82, 2.24) is 9.97 Å². The van der Waals surface area contributed by atoms with Crippen LogP contribution in [0.25, 0.3) is 38.6 Å². The van der Waals surface area contributed by atoms with Crippen molar-refractivity contribution in [3.63, 3.8) is 0 Å². The average Bonchev–Trinajstić information content (AvgIpc) is 2.81. The van der Waals surface area contributed by atoms with Gasteiger partial charge in [-0.1, -0.05) is 83.0 Å². The topological polar surface area (TPSA) is 30.1 Å². The van der Waals surface area contributed by atoms with Gasteiger partial charge in [0.25, 0.3) is 0 Å². The van der Waals surface area contributed by atoms with Gasteiger partial charge in [0.1, 0.15) is 0 Å². The number of benzene rings is 3. The van der Waals surface area contributed by atoms with E-state index in [0.29, 0.717) is 5.69 Å². The Morgan fingerprint density at radius 3 is 1.76 bits per heavy atom. The van der Waals surface area contributed by atoms with Crippen molar-refractivity contribution in [2.24, 2.45) is 0 Å². The largest absolute Gasteiger partial charge is 0.252 e. The molecule has 1 aromatic heterocycles. The molecule has 0 aliphatic rings. The number of hydrogen-bond donors (Lipinski definition) is 0. The summed E-state index contributed by atoms with van der Waals surface area (Å²) in [5.74, 6) is 0. The quantitative estimate of drug-likeness (QED) is 0.269. The number of nitrogens with zero attached hydrogens (tertiary/aromatic N) is 3. The van der Waals surface area contributed by atoms with E-state index in [2.05, 4.69) is 96.6 Å². The van der Waals surface area contributed by atoms with E-state index in [9.17, 15) is 0 Å². The summed E-state index contributed by atoms with van der Waals surface area (Å²) >= 11 is 0. The normalized spacial score (nSPS) is 11.9. The lowest BCUT2D eigenvalue weighted by atomic mass is 9.83. The van der Waals surface area contributed by atoms with E-state index in [1.54, 1.807) is 0 Å². The average molecular weight is 488 g/mol. The predicted molar refractivity (Wildman–Crippen MR) is 156 cm³/mol. The van der Waals surface area contributed by atoms with Gasteiger partial charge in [-0.15, -0.1) is 0 Å². The van der Waals surface area contributed by atoms with E-state index >= 15 is 0 Å². The number of rotatable bonds is 3. The Bertz CT molecular complexity index is 1520. The summed E-state index contributed by atoms with van der Waals surface area (Å²) in [7, 11) is 0. The van der Waals surface area contributed by atoms with Crippen molar-refractivity contribution in [3.05, 3.63) is 100 Å². The van der Waals surface area contributed by atoms with E-state index in [1.165, 1.54) is 22.3 Å². The van der Waals surface area contributed by atoms with Crippen LogP contribution in [0, 0.1) is 27.3 Å². The van der Waals surface area contributed by atoms with Crippen molar-refractivity contribution in [1.29, 1.82) is 0 Å². The summed E-state index contributed by atoms with van der Waals surface area (Å²) in [6.07, 6.45) is 1.82. The maximum absolute atomic E-state index is 7.78. The third-order valence-electron chi connectivity index (χ3n) is 6.83. The van der Waals surface area contributed by atoms with Crippen LogP contribution >= 0.6 is 0 Å². The Morgan fingerprint density at radius 2 is 1.24 bits per heavy atom. The SMILES string of the molecule is [C-]#[N+]c1c(C)cccc1-c1cnc(-c2cc(C)cc(C(C)(C)C)c2)c(-c2cc(C)cc(C(C)(C)C)c2)n1. The third-order valence-corrected chi connectivity index (χ3v) is 6.83. The minimum Gasteiger partial charge on any atom is -0.252 e. The highest BCUT2D eigenvalue weighted by atomic mass is 14.8. The lowest BCUT2D eigenvalue weighted by Gasteiger charge is -2.22. The van der Waals surface area contributed by atoms with E-state index < -0.39 is 0 Å². The van der Waals surface area contributed by atoms with Crippen LogP contribution in [0.1, 0.15) is 69.4 Å². The van der Waals surface area contributed by atoms with Crippen LogP contribution in [0.2, 0.25) is 0 Å². The fraction of sp³-hybridized carbons (Fsp3) is 0.324. The fourth-order valence-corrected chi connectivity index (χ4v) is 4.65. The standard InChI is InChI=1S/C34H37N3/c1-21-14-24(18-26(16-21)33(4,5)6)31-32(25-15-22(2)17-27(19-25)34(7,8)9)37-29(20-36-31)28-13-11-12-23(3)30(28)35-10/h11-20H,1-9H3. The summed E-state index contributed by atoms with van der Waals surface area (Å²) in [5.41, 5.74) is 11.9. The molecule has 3 heteroatoms. The molecule has 0 saturated heterocycles. The monoisotopic (exact) mass is 487 g/mol. The van der Waals surface area contributed by atoms with Crippen LogP contribution in [-0.4, -0.2) is 9.97 Å². The minimum atomic E-state index is 0.00250. The Labute approximate surface area is 222 Å². The lowest BCUT2D eigenvalue weighted by Crippen LogP contribution is -2.12. The molecular weight excluding hydrogens is 450 g/mol. The van der Waals surface area contributed by atoms with Crippen molar-refractivity contribution >= 4 is 5.69 Å². The number of aryl methyl sites for hydroxylation is 3. The number of aromatic nitrogens is 2. The highest BCUT2D eigenvalue weighted by molar-refractivity contribution is 5.84. The summed E-state index contributed by atoms with van der Waals surface area (Å²) in [6.45, 7) is 27.4. The van der Waals surface area contributed by atoms with Crippen molar-refractivity contribution in [3.8, 4) is 33.8 Å². The molecule has 0 unspecified atom stereocenters. The van der Waals surface area contributed by atoms with Crippen LogP contribution in [0.5, 0.6) is 0 Å². The van der Waals surface area contributed by atoms with Gasteiger partial charge in [0.05, 0.1) is 29.9 Å². The summed E-state index contributed by atoms with van der Waals surface area (Å²) < 4.78 is 0. The van der Waals surface area contributed by atoms with Crippen LogP contribution in [-0.2, 0) is 10.8 Å². The third kappa shape index (κ3) is 5.49. The molecule has 3 aromatic carbocycles. The summed E-state index contributed by atoms with van der Waals surface area (Å²) in [5, 5.41) is 0. The highest BCUT2D eigenvalue weighted by Gasteiger charge is 2.21. The Balaban J connectivity index is 2.05. The molecule has 188 valence electrons. The molecule has 37 heavy (non-hydrogen) atoms. The molecule has 0 saturated carbocycles. The molecule has 4 rings (SSSR count). The highest BCUT2D eigenvalue weighted by Crippen LogP contribution is 2.38. The molecule has 0 spiro atoms. The molecule has 0 amide bonds. The summed E-state index contributed by atoms with van der Waals surface area (Å²) in [4.78, 5) is 14.1. The Morgan fingerprint density at radius 1 is 0.703 bits per heavy atom. The van der Waals surface area contributed by atoms with Gasteiger partial charge in [-0.3, -0.25) is 4.98 Å². The molecule has 4 aromatic rings. The molecule has 1 heterocycles. The zero-order valence-corrected chi connectivity index (χ0v) is 23.6. The van der Waals surface area contributed by atoms with Crippen molar-refractivity contribution in [2.75, 3.05) is 0 Å². The van der Waals surface area contributed by atoms with Gasteiger partial charge in [-0.25, -0.2) is 9.83 Å². The second kappa shape index (κ2) is 9.60. The van der Waals surface area contributed by atoms with Crippen molar-refractivity contribution < 1.29 is 0 Å². The smallest absolute Gasteiger partial charge is 0.199 e. The Hall–Kier alpha value is -3.77. The van der Waals surface area contributed by atoms with E-state index in [0.717, 1.165) is 39.3 Å². The molecular formula is C34H37N3. The molecule has 0 radical (unpaired) electrons. The molecule has 0 atom stereocenters. The number of hydrogen-bond acceptors (Lipinski definition) is 2. The van der Waals surface area contributed by atoms with Gasteiger partial charge in [0, 0.05) is 16.7 Å². The van der Waals surface area contributed by atoms with Gasteiger partial charge in [0.2, 0.25) is 0 Å². The van der Waals surface area contributed by atoms with Gasteiger partial charge >= 0.3 is 0 Å². The van der Waals surface area contributed by atoms with Crippen LogP contribution < -0.4 is 0 Å². The minimum absolute atomic E-state index is 0.00250. The second-order valence-electron chi connectivity index (χ2n) is 12.2. The van der Waals surface area contributed by atoms with Crippen LogP contribution in [0.4, 0.5) is 5.69 Å². The maximum atomic E-state index is 7.78. The van der Waals surface area contributed by atoms with Crippen LogP contribution in [0.3, 0.4) is 0 Å². The zero-order valence-electron chi connectivity index (χ0n) is 23.6.